The Morgan fingerprint density at radius 1 is 0.562 bits per heavy atom. The number of hydrogen-bond acceptors (Lipinski definition) is 0. The third kappa shape index (κ3) is 4.86. The molecule has 2 unspecified atom stereocenters. The van der Waals surface area contributed by atoms with Crippen molar-refractivity contribution in [1.82, 2.24) is 0 Å². The Morgan fingerprint density at radius 3 is 1.41 bits per heavy atom. The zero-order valence-electron chi connectivity index (χ0n) is 19.3. The van der Waals surface area contributed by atoms with Crippen LogP contribution in [0.25, 0.3) is 0 Å². The lowest BCUT2D eigenvalue weighted by Crippen LogP contribution is -2.30. The molecule has 0 nitrogen and oxygen atoms in total. The van der Waals surface area contributed by atoms with Crippen LogP contribution in [0, 0.1) is 0 Å². The molecule has 0 bridgehead atoms. The number of rotatable bonds is 9. The second kappa shape index (κ2) is 10.5. The van der Waals surface area contributed by atoms with Crippen LogP contribution in [0.4, 0.5) is 0 Å². The highest BCUT2D eigenvalue weighted by Crippen LogP contribution is 2.46. The van der Waals surface area contributed by atoms with E-state index in [1.54, 1.807) is 0 Å². The van der Waals surface area contributed by atoms with E-state index in [1.807, 2.05) is 0 Å². The van der Waals surface area contributed by atoms with E-state index in [1.165, 1.54) is 22.3 Å². The van der Waals surface area contributed by atoms with Crippen LogP contribution in [-0.4, -0.2) is 0 Å². The van der Waals surface area contributed by atoms with Gasteiger partial charge in [0.15, 0.2) is 0 Å². The van der Waals surface area contributed by atoms with Crippen molar-refractivity contribution < 1.29 is 0 Å². The van der Waals surface area contributed by atoms with Gasteiger partial charge in [0.05, 0.1) is 0 Å². The Bertz CT molecular complexity index is 1010. The van der Waals surface area contributed by atoms with Crippen LogP contribution in [-0.2, 0) is 5.41 Å². The lowest BCUT2D eigenvalue weighted by atomic mass is 9.65. The first-order chi connectivity index (χ1) is 15.7. The van der Waals surface area contributed by atoms with E-state index < -0.39 is 0 Å². The topological polar surface area (TPSA) is 0 Å². The molecule has 2 atom stereocenters. The highest BCUT2D eigenvalue weighted by Gasteiger charge is 2.36. The molecule has 0 heterocycles. The van der Waals surface area contributed by atoms with Gasteiger partial charge in [-0.05, 0) is 53.4 Å². The monoisotopic (exact) mass is 418 g/mol. The van der Waals surface area contributed by atoms with E-state index in [2.05, 4.69) is 135 Å². The Morgan fingerprint density at radius 2 is 0.969 bits per heavy atom. The molecule has 0 aliphatic carbocycles. The Labute approximate surface area is 194 Å². The maximum Gasteiger partial charge on any atom is 0.0206 e. The number of benzene rings is 4. The first-order valence-corrected chi connectivity index (χ1v) is 11.9. The normalized spacial score (nSPS) is 13.4. The fourth-order valence-electron chi connectivity index (χ4n) is 5.30. The summed E-state index contributed by atoms with van der Waals surface area (Å²) in [6.07, 6.45) is 3.30. The fraction of sp³-hybridized carbons (Fsp3) is 0.250. The lowest BCUT2D eigenvalue weighted by molar-refractivity contribution is 0.384. The molecule has 0 aromatic heterocycles. The molecule has 0 heteroatoms. The highest BCUT2D eigenvalue weighted by atomic mass is 14.4. The number of hydrogen-bond donors (Lipinski definition) is 0. The zero-order chi connectivity index (χ0) is 22.2. The van der Waals surface area contributed by atoms with Gasteiger partial charge in [0.1, 0.15) is 0 Å². The van der Waals surface area contributed by atoms with Crippen molar-refractivity contribution in [2.75, 3.05) is 0 Å². The van der Waals surface area contributed by atoms with Crippen LogP contribution in [0.1, 0.15) is 67.2 Å². The molecule has 0 saturated heterocycles. The van der Waals surface area contributed by atoms with Crippen molar-refractivity contribution in [3.63, 3.8) is 0 Å². The van der Waals surface area contributed by atoms with Crippen molar-refractivity contribution in [1.29, 1.82) is 0 Å². The van der Waals surface area contributed by atoms with Gasteiger partial charge in [-0.3, -0.25) is 0 Å². The van der Waals surface area contributed by atoms with Gasteiger partial charge in [0.25, 0.3) is 0 Å². The molecule has 4 aromatic carbocycles. The highest BCUT2D eigenvalue weighted by molar-refractivity contribution is 5.40. The fourth-order valence-corrected chi connectivity index (χ4v) is 5.30. The smallest absolute Gasteiger partial charge is 0.0206 e. The first-order valence-electron chi connectivity index (χ1n) is 11.9. The molecule has 4 aromatic rings. The van der Waals surface area contributed by atoms with Crippen molar-refractivity contribution in [3.8, 4) is 0 Å². The summed E-state index contributed by atoms with van der Waals surface area (Å²) >= 11 is 0. The third-order valence-corrected chi connectivity index (χ3v) is 7.13. The van der Waals surface area contributed by atoms with Crippen molar-refractivity contribution >= 4 is 0 Å². The quantitative estimate of drug-likeness (QED) is 0.255. The largest absolute Gasteiger partial charge is 0.0642 e. The predicted octanol–water partition coefficient (Wildman–Crippen LogP) is 8.75. The molecule has 0 fully saturated rings. The average Bonchev–Trinajstić information content (AvgIpc) is 2.88. The van der Waals surface area contributed by atoms with Gasteiger partial charge < -0.3 is 0 Å². The molecule has 0 aliphatic heterocycles. The summed E-state index contributed by atoms with van der Waals surface area (Å²) in [4.78, 5) is 0. The summed E-state index contributed by atoms with van der Waals surface area (Å²) in [5.74, 6) is 0.967. The van der Waals surface area contributed by atoms with Gasteiger partial charge in [0, 0.05) is 5.41 Å². The minimum absolute atomic E-state index is 0.0144. The molecule has 0 N–H and O–H groups in total. The van der Waals surface area contributed by atoms with Gasteiger partial charge in [-0.25, -0.2) is 0 Å². The van der Waals surface area contributed by atoms with Gasteiger partial charge in [0.2, 0.25) is 0 Å². The minimum Gasteiger partial charge on any atom is -0.0642 e. The van der Waals surface area contributed by atoms with E-state index in [-0.39, 0.29) is 5.41 Å². The van der Waals surface area contributed by atoms with Crippen molar-refractivity contribution in [2.45, 2.75) is 50.4 Å². The molecular formula is C32H34. The molecule has 0 aliphatic rings. The summed E-state index contributed by atoms with van der Waals surface area (Å²) < 4.78 is 0. The van der Waals surface area contributed by atoms with E-state index in [4.69, 9.17) is 0 Å². The van der Waals surface area contributed by atoms with E-state index in [0.717, 1.165) is 19.3 Å². The Balaban J connectivity index is 1.77. The predicted molar refractivity (Wildman–Crippen MR) is 137 cm³/mol. The molecule has 0 spiro atoms. The summed E-state index contributed by atoms with van der Waals surface area (Å²) in [7, 11) is 0. The van der Waals surface area contributed by atoms with Crippen LogP contribution in [0.5, 0.6) is 0 Å². The van der Waals surface area contributed by atoms with Crippen LogP contribution < -0.4 is 0 Å². The maximum atomic E-state index is 2.38. The molecule has 162 valence electrons. The molecule has 4 rings (SSSR count). The average molecular weight is 419 g/mol. The maximum absolute atomic E-state index is 2.38. The summed E-state index contributed by atoms with van der Waals surface area (Å²) in [6, 6.07) is 44.4. The standard InChI is InChI=1S/C32H34/c1-3-32(30-20-12-6-13-21-30,31-22-14-7-15-23-31)25-29(28-18-10-5-11-19-28)24-26(2)27-16-8-4-9-17-27/h4-23,26,29H,3,24-25H2,1-2H3. The first kappa shape index (κ1) is 22.1. The van der Waals surface area contributed by atoms with Gasteiger partial charge >= 0.3 is 0 Å². The Kier molecular flexibility index (Phi) is 7.22. The SMILES string of the molecule is CCC(CC(CC(C)c1ccccc1)c1ccccc1)(c1ccccc1)c1ccccc1. The summed E-state index contributed by atoms with van der Waals surface area (Å²) in [5, 5.41) is 0. The Hall–Kier alpha value is -3.12. The lowest BCUT2D eigenvalue weighted by Gasteiger charge is -2.38. The van der Waals surface area contributed by atoms with Crippen LogP contribution in [0.15, 0.2) is 121 Å². The van der Waals surface area contributed by atoms with Crippen LogP contribution >= 0.6 is 0 Å². The van der Waals surface area contributed by atoms with Crippen LogP contribution in [0.3, 0.4) is 0 Å². The molecule has 0 radical (unpaired) electrons. The van der Waals surface area contributed by atoms with Crippen molar-refractivity contribution in [3.05, 3.63) is 144 Å². The second-order valence-electron chi connectivity index (χ2n) is 9.03. The molecule has 0 saturated carbocycles. The van der Waals surface area contributed by atoms with Gasteiger partial charge in [-0.15, -0.1) is 0 Å². The molecular weight excluding hydrogens is 384 g/mol. The van der Waals surface area contributed by atoms with Crippen molar-refractivity contribution in [2.24, 2.45) is 0 Å². The van der Waals surface area contributed by atoms with E-state index in [9.17, 15) is 0 Å². The van der Waals surface area contributed by atoms with Gasteiger partial charge in [-0.1, -0.05) is 135 Å². The minimum atomic E-state index is -0.0144. The summed E-state index contributed by atoms with van der Waals surface area (Å²) in [5.41, 5.74) is 5.69. The molecule has 0 amide bonds. The van der Waals surface area contributed by atoms with Crippen LogP contribution in [0.2, 0.25) is 0 Å². The van der Waals surface area contributed by atoms with E-state index in [0.29, 0.717) is 11.8 Å². The zero-order valence-corrected chi connectivity index (χ0v) is 19.3. The second-order valence-corrected chi connectivity index (χ2v) is 9.03. The molecule has 32 heavy (non-hydrogen) atoms. The van der Waals surface area contributed by atoms with E-state index >= 15 is 0 Å². The van der Waals surface area contributed by atoms with Gasteiger partial charge in [-0.2, -0.15) is 0 Å². The third-order valence-electron chi connectivity index (χ3n) is 7.13. The summed E-state index contributed by atoms with van der Waals surface area (Å²) in [6.45, 7) is 4.73.